The van der Waals surface area contributed by atoms with Gasteiger partial charge < -0.3 is 24.9 Å². The molecule has 0 fully saturated rings. The van der Waals surface area contributed by atoms with Gasteiger partial charge in [-0.15, -0.1) is 0 Å². The normalized spacial score (nSPS) is 14.1. The quantitative estimate of drug-likeness (QED) is 0.182. The fourth-order valence-electron chi connectivity index (χ4n) is 6.55. The minimum absolute atomic E-state index is 0.100. The van der Waals surface area contributed by atoms with E-state index in [0.29, 0.717) is 13.0 Å². The zero-order valence-electron chi connectivity index (χ0n) is 27.0. The molecule has 0 saturated heterocycles. The first-order valence-electron chi connectivity index (χ1n) is 15.9. The molecular weight excluding hydrogens is 593 g/mol. The molecule has 5 rings (SSSR count). The Labute approximate surface area is 273 Å². The van der Waals surface area contributed by atoms with Gasteiger partial charge in [0.05, 0.1) is 6.61 Å². The topological polar surface area (TPSA) is 96.9 Å². The number of fused-ring (bicyclic) bond motifs is 3. The van der Waals surface area contributed by atoms with E-state index in [9.17, 15) is 14.7 Å². The monoisotopic (exact) mass is 636 g/mol. The molecule has 3 N–H and O–H groups in total. The van der Waals surface area contributed by atoms with Crippen LogP contribution in [-0.4, -0.2) is 57.3 Å². The van der Waals surface area contributed by atoms with Crippen LogP contribution >= 0.6 is 0 Å². The van der Waals surface area contributed by atoms with Crippen LogP contribution in [-0.2, 0) is 14.0 Å². The summed E-state index contributed by atoms with van der Waals surface area (Å²) in [5.41, 5.74) is 4.46. The Morgan fingerprint density at radius 1 is 0.804 bits per heavy atom. The summed E-state index contributed by atoms with van der Waals surface area (Å²) in [5, 5.41) is 17.6. The molecule has 0 spiro atoms. The van der Waals surface area contributed by atoms with Crippen molar-refractivity contribution >= 4 is 30.7 Å². The van der Waals surface area contributed by atoms with Crippen LogP contribution in [0.4, 0.5) is 4.79 Å². The largest absolute Gasteiger partial charge is 0.449 e. The lowest BCUT2D eigenvalue weighted by Gasteiger charge is -2.44. The lowest BCUT2D eigenvalue weighted by Crippen LogP contribution is -2.67. The van der Waals surface area contributed by atoms with Gasteiger partial charge in [0.15, 0.2) is 0 Å². The first kappa shape index (κ1) is 33.1. The summed E-state index contributed by atoms with van der Waals surface area (Å²) in [5.74, 6) is -0.578. The SMILES string of the molecule is CC(CCNC(=O)C(CO)NC(=O)OCC1c2ccccc2-c2ccccc21)O[Si](c1ccccc1)(c1ccccc1)C(C)(C)C. The minimum atomic E-state index is -2.73. The minimum Gasteiger partial charge on any atom is -0.449 e. The van der Waals surface area contributed by atoms with Crippen LogP contribution in [0.15, 0.2) is 109 Å². The fourth-order valence-corrected chi connectivity index (χ4v) is 11.3. The van der Waals surface area contributed by atoms with Crippen molar-refractivity contribution in [2.75, 3.05) is 19.8 Å². The summed E-state index contributed by atoms with van der Waals surface area (Å²) in [7, 11) is -2.73. The first-order chi connectivity index (χ1) is 22.2. The second-order valence-corrected chi connectivity index (χ2v) is 17.1. The smallest absolute Gasteiger partial charge is 0.407 e. The standard InChI is InChI=1S/C38H44N2O5Si/c1-27(45-46(38(2,3)4,28-15-7-5-8-16-28)29-17-9-6-10-18-29)23-24-39-36(42)35(25-41)40-37(43)44-26-34-32-21-13-11-19-30(32)31-20-12-14-22-33(31)34/h5-22,27,34-35,41H,23-26H2,1-4H3,(H,39,42)(H,40,43). The Kier molecular flexibility index (Phi) is 10.4. The summed E-state index contributed by atoms with van der Waals surface area (Å²) in [6.45, 7) is 8.61. The first-order valence-corrected chi connectivity index (χ1v) is 17.9. The Morgan fingerprint density at radius 2 is 1.30 bits per heavy atom. The van der Waals surface area contributed by atoms with E-state index in [1.807, 2.05) is 55.5 Å². The van der Waals surface area contributed by atoms with Crippen LogP contribution in [0.5, 0.6) is 0 Å². The third-order valence-electron chi connectivity index (χ3n) is 8.78. The van der Waals surface area contributed by atoms with E-state index in [0.717, 1.165) is 22.3 Å². The maximum absolute atomic E-state index is 13.0. The van der Waals surface area contributed by atoms with Crippen molar-refractivity contribution in [1.82, 2.24) is 10.6 Å². The van der Waals surface area contributed by atoms with E-state index in [1.165, 1.54) is 10.4 Å². The fraction of sp³-hybridized carbons (Fsp3) is 0.316. The predicted octanol–water partition coefficient (Wildman–Crippen LogP) is 5.36. The Balaban J connectivity index is 1.17. The molecule has 4 aromatic carbocycles. The van der Waals surface area contributed by atoms with Gasteiger partial charge in [0.1, 0.15) is 12.6 Å². The number of amides is 2. The number of hydrogen-bond acceptors (Lipinski definition) is 5. The third kappa shape index (κ3) is 6.94. The molecule has 240 valence electrons. The average molecular weight is 637 g/mol. The number of aliphatic hydroxyl groups is 1. The van der Waals surface area contributed by atoms with Crippen molar-refractivity contribution in [3.05, 3.63) is 120 Å². The highest BCUT2D eigenvalue weighted by Crippen LogP contribution is 2.44. The van der Waals surface area contributed by atoms with E-state index in [4.69, 9.17) is 9.16 Å². The molecule has 1 aliphatic rings. The van der Waals surface area contributed by atoms with Gasteiger partial charge in [0.2, 0.25) is 5.91 Å². The maximum Gasteiger partial charge on any atom is 0.407 e. The van der Waals surface area contributed by atoms with Gasteiger partial charge >= 0.3 is 6.09 Å². The number of benzene rings is 4. The number of ether oxygens (including phenoxy) is 1. The lowest BCUT2D eigenvalue weighted by molar-refractivity contribution is -0.124. The predicted molar refractivity (Wildman–Crippen MR) is 185 cm³/mol. The lowest BCUT2D eigenvalue weighted by atomic mass is 9.98. The molecule has 2 amide bonds. The second-order valence-electron chi connectivity index (χ2n) is 12.9. The molecule has 0 saturated carbocycles. The van der Waals surface area contributed by atoms with E-state index in [2.05, 4.69) is 92.1 Å². The highest BCUT2D eigenvalue weighted by atomic mass is 28.4. The third-order valence-corrected chi connectivity index (χ3v) is 13.9. The molecule has 4 aromatic rings. The van der Waals surface area contributed by atoms with Crippen molar-refractivity contribution in [2.24, 2.45) is 0 Å². The van der Waals surface area contributed by atoms with Crippen LogP contribution in [0, 0.1) is 0 Å². The Morgan fingerprint density at radius 3 is 1.80 bits per heavy atom. The molecule has 46 heavy (non-hydrogen) atoms. The van der Waals surface area contributed by atoms with Gasteiger partial charge in [-0.25, -0.2) is 4.79 Å². The molecule has 1 aliphatic carbocycles. The summed E-state index contributed by atoms with van der Waals surface area (Å²) in [6, 6.07) is 35.9. The molecule has 8 heteroatoms. The van der Waals surface area contributed by atoms with Crippen LogP contribution in [0.1, 0.15) is 51.2 Å². The number of alkyl carbamates (subject to hydrolysis) is 1. The zero-order valence-corrected chi connectivity index (χ0v) is 28.0. The molecule has 0 aliphatic heterocycles. The number of rotatable bonds is 12. The van der Waals surface area contributed by atoms with Gasteiger partial charge in [-0.1, -0.05) is 130 Å². The van der Waals surface area contributed by atoms with Crippen molar-refractivity contribution in [1.29, 1.82) is 0 Å². The highest BCUT2D eigenvalue weighted by Gasteiger charge is 2.51. The van der Waals surface area contributed by atoms with E-state index in [-0.39, 0.29) is 23.7 Å². The number of nitrogens with one attached hydrogen (secondary N) is 2. The molecular formula is C38H44N2O5Si. The number of aliphatic hydroxyl groups excluding tert-OH is 1. The highest BCUT2D eigenvalue weighted by molar-refractivity contribution is 6.99. The number of carbonyl (C=O) groups is 2. The summed E-state index contributed by atoms with van der Waals surface area (Å²) >= 11 is 0. The average Bonchev–Trinajstić information content (AvgIpc) is 3.38. The van der Waals surface area contributed by atoms with Crippen LogP contribution in [0.3, 0.4) is 0 Å². The maximum atomic E-state index is 13.0. The van der Waals surface area contributed by atoms with Gasteiger partial charge in [-0.05, 0) is 51.0 Å². The van der Waals surface area contributed by atoms with Crippen LogP contribution < -0.4 is 21.0 Å². The Bertz CT molecular complexity index is 1540. The molecule has 0 aromatic heterocycles. The van der Waals surface area contributed by atoms with Crippen molar-refractivity contribution in [3.63, 3.8) is 0 Å². The van der Waals surface area contributed by atoms with Gasteiger partial charge in [0, 0.05) is 18.6 Å². The Hall–Kier alpha value is -4.24. The zero-order chi connectivity index (χ0) is 32.7. The van der Waals surface area contributed by atoms with Gasteiger partial charge in [-0.3, -0.25) is 4.79 Å². The summed E-state index contributed by atoms with van der Waals surface area (Å²) in [6.07, 6.45) is -0.368. The van der Waals surface area contributed by atoms with Crippen molar-refractivity contribution in [2.45, 2.75) is 57.2 Å². The van der Waals surface area contributed by atoms with Crippen molar-refractivity contribution < 1.29 is 23.9 Å². The van der Waals surface area contributed by atoms with E-state index >= 15 is 0 Å². The summed E-state index contributed by atoms with van der Waals surface area (Å²) < 4.78 is 12.7. The van der Waals surface area contributed by atoms with Crippen LogP contribution in [0.2, 0.25) is 5.04 Å². The molecule has 0 radical (unpaired) electrons. The second kappa shape index (κ2) is 14.5. The number of hydrogen-bond donors (Lipinski definition) is 3. The van der Waals surface area contributed by atoms with Gasteiger partial charge in [-0.2, -0.15) is 0 Å². The van der Waals surface area contributed by atoms with E-state index < -0.39 is 33.0 Å². The van der Waals surface area contributed by atoms with Crippen molar-refractivity contribution in [3.8, 4) is 11.1 Å². The molecule has 0 bridgehead atoms. The molecule has 7 nitrogen and oxygen atoms in total. The summed E-state index contributed by atoms with van der Waals surface area (Å²) in [4.78, 5) is 25.8. The van der Waals surface area contributed by atoms with Gasteiger partial charge in [0.25, 0.3) is 8.32 Å². The number of carbonyl (C=O) groups excluding carboxylic acids is 2. The van der Waals surface area contributed by atoms with E-state index in [1.54, 1.807) is 0 Å². The molecule has 0 heterocycles. The molecule has 2 unspecified atom stereocenters. The molecule has 2 atom stereocenters. The van der Waals surface area contributed by atoms with Crippen LogP contribution in [0.25, 0.3) is 11.1 Å².